The summed E-state index contributed by atoms with van der Waals surface area (Å²) < 4.78 is 33.3. The molecule has 0 aromatic heterocycles. The van der Waals surface area contributed by atoms with E-state index in [1.54, 1.807) is 26.0 Å². The van der Waals surface area contributed by atoms with Crippen molar-refractivity contribution in [1.29, 1.82) is 0 Å². The molecule has 0 bridgehead atoms. The largest absolute Gasteiger partial charge is 0.497 e. The van der Waals surface area contributed by atoms with Gasteiger partial charge in [0, 0.05) is 5.57 Å². The molecule has 0 amide bonds. The molecule has 1 aliphatic rings. The fourth-order valence-corrected chi connectivity index (χ4v) is 2.85. The summed E-state index contributed by atoms with van der Waals surface area (Å²) in [5.74, 6) is 0.435. The maximum atomic E-state index is 12.3. The summed E-state index contributed by atoms with van der Waals surface area (Å²) in [7, 11) is -2.32. The molecule has 5 nitrogen and oxygen atoms in total. The number of methoxy groups -OCH3 is 1. The highest BCUT2D eigenvalue weighted by Gasteiger charge is 2.19. The summed E-state index contributed by atoms with van der Waals surface area (Å²) in [6, 6.07) is 5.98. The summed E-state index contributed by atoms with van der Waals surface area (Å²) in [6.07, 6.45) is 2.75. The summed E-state index contributed by atoms with van der Waals surface area (Å²) >= 11 is 0. The molecule has 2 rings (SSSR count). The Balaban J connectivity index is 2.43. The minimum absolute atomic E-state index is 0.0755. The lowest BCUT2D eigenvalue weighted by atomic mass is 9.97. The number of ether oxygens (including phenoxy) is 1. The number of carbonyl (C=O) groups excluding carboxylic acids is 1. The van der Waals surface area contributed by atoms with Crippen molar-refractivity contribution in [1.82, 2.24) is 0 Å². The number of carbonyl (C=O) groups is 1. The number of benzene rings is 1. The van der Waals surface area contributed by atoms with Crippen molar-refractivity contribution in [3.8, 4) is 5.75 Å². The smallest absolute Gasteiger partial charge is 0.282 e. The van der Waals surface area contributed by atoms with E-state index in [0.717, 1.165) is 0 Å². The molecule has 0 saturated carbocycles. The molecule has 0 unspecified atom stereocenters. The number of nitrogens with zero attached hydrogens (tertiary/aromatic N) is 1. The molecule has 110 valence electrons. The summed E-state index contributed by atoms with van der Waals surface area (Å²) in [5.41, 5.74) is 1.35. The monoisotopic (exact) mass is 305 g/mol. The number of hydrogen-bond acceptors (Lipinski definition) is 4. The van der Waals surface area contributed by atoms with Gasteiger partial charge in [0.1, 0.15) is 5.75 Å². The second-order valence-corrected chi connectivity index (χ2v) is 6.18. The molecule has 1 aromatic rings. The fraction of sp³-hybridized carbons (Fsp3) is 0.200. The van der Waals surface area contributed by atoms with Crippen LogP contribution in [0.5, 0.6) is 5.75 Å². The van der Waals surface area contributed by atoms with Gasteiger partial charge in [-0.2, -0.15) is 12.8 Å². The van der Waals surface area contributed by atoms with E-state index in [4.69, 9.17) is 4.74 Å². The molecule has 0 atom stereocenters. The van der Waals surface area contributed by atoms with Crippen LogP contribution in [-0.2, 0) is 14.8 Å². The van der Waals surface area contributed by atoms with Crippen molar-refractivity contribution in [2.75, 3.05) is 7.11 Å². The lowest BCUT2D eigenvalue weighted by Gasteiger charge is -2.10. The van der Waals surface area contributed by atoms with Gasteiger partial charge in [-0.15, -0.1) is 0 Å². The van der Waals surface area contributed by atoms with Crippen molar-refractivity contribution in [2.24, 2.45) is 4.40 Å². The average Bonchev–Trinajstić information content (AvgIpc) is 2.48. The van der Waals surface area contributed by atoms with Crippen molar-refractivity contribution < 1.29 is 17.9 Å². The third kappa shape index (κ3) is 3.11. The zero-order chi connectivity index (χ0) is 15.6. The Morgan fingerprint density at radius 3 is 2.19 bits per heavy atom. The van der Waals surface area contributed by atoms with Gasteiger partial charge in [0.05, 0.1) is 17.7 Å². The zero-order valence-electron chi connectivity index (χ0n) is 12.0. The molecule has 1 aromatic carbocycles. The molecule has 1 aliphatic carbocycles. The van der Waals surface area contributed by atoms with E-state index >= 15 is 0 Å². The van der Waals surface area contributed by atoms with Crippen LogP contribution in [0.1, 0.15) is 13.8 Å². The van der Waals surface area contributed by atoms with Gasteiger partial charge >= 0.3 is 0 Å². The predicted molar refractivity (Wildman–Crippen MR) is 80.1 cm³/mol. The van der Waals surface area contributed by atoms with Crippen LogP contribution in [0.15, 0.2) is 56.9 Å². The fourth-order valence-electron chi connectivity index (χ4n) is 1.81. The first-order valence-corrected chi connectivity index (χ1v) is 7.68. The van der Waals surface area contributed by atoms with E-state index in [-0.39, 0.29) is 16.4 Å². The van der Waals surface area contributed by atoms with Crippen LogP contribution in [0.3, 0.4) is 0 Å². The Kier molecular flexibility index (Phi) is 4.09. The Hall–Kier alpha value is -2.21. The van der Waals surface area contributed by atoms with E-state index in [9.17, 15) is 13.2 Å². The maximum Gasteiger partial charge on any atom is 0.282 e. The van der Waals surface area contributed by atoms with E-state index in [0.29, 0.717) is 16.9 Å². The molecule has 0 N–H and O–H groups in total. The van der Waals surface area contributed by atoms with Crippen LogP contribution in [-0.4, -0.2) is 27.0 Å². The van der Waals surface area contributed by atoms with Gasteiger partial charge in [-0.3, -0.25) is 4.79 Å². The molecule has 0 radical (unpaired) electrons. The van der Waals surface area contributed by atoms with Crippen LogP contribution in [0, 0.1) is 0 Å². The average molecular weight is 305 g/mol. The Labute approximate surface area is 123 Å². The number of sulfonamides is 1. The third-order valence-electron chi connectivity index (χ3n) is 3.28. The molecular formula is C15H15NO4S. The van der Waals surface area contributed by atoms with Gasteiger partial charge < -0.3 is 4.74 Å². The van der Waals surface area contributed by atoms with Gasteiger partial charge in [0.25, 0.3) is 10.0 Å². The van der Waals surface area contributed by atoms with Crippen LogP contribution in [0.25, 0.3) is 0 Å². The highest BCUT2D eigenvalue weighted by Crippen LogP contribution is 2.20. The first kappa shape index (κ1) is 15.2. The first-order chi connectivity index (χ1) is 9.85. The SMILES string of the molecule is COc1ccc(S(=O)(=O)/N=C2\C=CC(=O)C(C)=C2C)cc1. The summed E-state index contributed by atoms with van der Waals surface area (Å²) in [5, 5.41) is 0. The number of allylic oxidation sites excluding steroid dienone is 4. The Morgan fingerprint density at radius 2 is 1.62 bits per heavy atom. The first-order valence-electron chi connectivity index (χ1n) is 6.24. The second-order valence-electron chi connectivity index (χ2n) is 4.57. The molecule has 0 heterocycles. The maximum absolute atomic E-state index is 12.3. The third-order valence-corrected chi connectivity index (χ3v) is 4.59. The van der Waals surface area contributed by atoms with Crippen molar-refractivity contribution >= 4 is 21.5 Å². The van der Waals surface area contributed by atoms with Crippen molar-refractivity contribution in [2.45, 2.75) is 18.7 Å². The van der Waals surface area contributed by atoms with Gasteiger partial charge in [-0.1, -0.05) is 0 Å². The van der Waals surface area contributed by atoms with E-state index in [1.165, 1.54) is 31.4 Å². The Bertz CT molecular complexity index is 768. The predicted octanol–water partition coefficient (Wildman–Crippen LogP) is 2.30. The molecule has 6 heteroatoms. The van der Waals surface area contributed by atoms with Crippen LogP contribution < -0.4 is 4.74 Å². The Morgan fingerprint density at radius 1 is 1.00 bits per heavy atom. The molecule has 0 fully saturated rings. The summed E-state index contributed by atoms with van der Waals surface area (Å²) in [4.78, 5) is 11.6. The quantitative estimate of drug-likeness (QED) is 0.803. The molecule has 0 spiro atoms. The molecular weight excluding hydrogens is 290 g/mol. The van der Waals surface area contributed by atoms with Crippen LogP contribution >= 0.6 is 0 Å². The minimum Gasteiger partial charge on any atom is -0.497 e. The molecule has 21 heavy (non-hydrogen) atoms. The lowest BCUT2D eigenvalue weighted by molar-refractivity contribution is -0.111. The van der Waals surface area contributed by atoms with Crippen LogP contribution in [0.2, 0.25) is 0 Å². The number of ketones is 1. The lowest BCUT2D eigenvalue weighted by Crippen LogP contribution is -2.13. The standard InChI is InChI=1S/C15H15NO4S/c1-10-11(2)15(17)9-8-14(10)16-21(18,19)13-6-4-12(20-3)5-7-13/h4-9H,1-3H3/b16-14+. The van der Waals surface area contributed by atoms with E-state index in [1.807, 2.05) is 0 Å². The second kappa shape index (κ2) is 5.65. The highest BCUT2D eigenvalue weighted by molar-refractivity contribution is 7.90. The van der Waals surface area contributed by atoms with Gasteiger partial charge in [0.15, 0.2) is 5.78 Å². The normalized spacial score (nSPS) is 17.5. The topological polar surface area (TPSA) is 72.8 Å². The van der Waals surface area contributed by atoms with E-state index < -0.39 is 10.0 Å². The number of rotatable bonds is 3. The molecule has 0 saturated heterocycles. The van der Waals surface area contributed by atoms with Crippen molar-refractivity contribution in [3.63, 3.8) is 0 Å². The van der Waals surface area contributed by atoms with Gasteiger partial charge in [-0.05, 0) is 55.8 Å². The highest BCUT2D eigenvalue weighted by atomic mass is 32.2. The van der Waals surface area contributed by atoms with Crippen LogP contribution in [0.4, 0.5) is 0 Å². The zero-order valence-corrected chi connectivity index (χ0v) is 12.8. The minimum atomic E-state index is -3.82. The summed E-state index contributed by atoms with van der Waals surface area (Å²) in [6.45, 7) is 3.33. The van der Waals surface area contributed by atoms with E-state index in [2.05, 4.69) is 4.40 Å². The number of hydrogen-bond donors (Lipinski definition) is 0. The molecule has 0 aliphatic heterocycles. The van der Waals surface area contributed by atoms with Gasteiger partial charge in [0.2, 0.25) is 0 Å². The van der Waals surface area contributed by atoms with Gasteiger partial charge in [-0.25, -0.2) is 0 Å². The van der Waals surface area contributed by atoms with Crippen molar-refractivity contribution in [3.05, 3.63) is 47.6 Å².